The van der Waals surface area contributed by atoms with Crippen LogP contribution in [0.5, 0.6) is 5.75 Å². The summed E-state index contributed by atoms with van der Waals surface area (Å²) in [4.78, 5) is 16.7. The van der Waals surface area contributed by atoms with Crippen molar-refractivity contribution in [2.45, 2.75) is 18.9 Å². The number of benzene rings is 1. The van der Waals surface area contributed by atoms with Crippen molar-refractivity contribution in [1.29, 1.82) is 0 Å². The van der Waals surface area contributed by atoms with E-state index in [1.807, 2.05) is 17.0 Å². The molecule has 0 saturated carbocycles. The zero-order valence-electron chi connectivity index (χ0n) is 13.3. The van der Waals surface area contributed by atoms with Gasteiger partial charge >= 0.3 is 0 Å². The molecule has 2 aliphatic rings. The number of carbonyl (C=O) groups is 1. The Morgan fingerprint density at radius 1 is 1.23 bits per heavy atom. The van der Waals surface area contributed by atoms with Crippen LogP contribution in [0.4, 0.5) is 0 Å². The van der Waals surface area contributed by atoms with Crippen molar-refractivity contribution in [2.75, 3.05) is 46.4 Å². The predicted octanol–water partition coefficient (Wildman–Crippen LogP) is 1.26. The normalized spacial score (nSPS) is 22.8. The summed E-state index contributed by atoms with van der Waals surface area (Å²) in [6, 6.07) is 8.44. The number of carbonyl (C=O) groups excluding carboxylic acids is 1. The quantitative estimate of drug-likeness (QED) is 0.910. The average molecular weight is 303 g/mol. The molecule has 120 valence electrons. The van der Waals surface area contributed by atoms with Gasteiger partial charge in [-0.25, -0.2) is 0 Å². The molecule has 1 N–H and O–H groups in total. The fourth-order valence-electron chi connectivity index (χ4n) is 3.33. The van der Waals surface area contributed by atoms with Crippen LogP contribution in [0.1, 0.15) is 24.4 Å². The van der Waals surface area contributed by atoms with Crippen LogP contribution in [0.2, 0.25) is 0 Å². The van der Waals surface area contributed by atoms with E-state index in [-0.39, 0.29) is 11.9 Å². The summed E-state index contributed by atoms with van der Waals surface area (Å²) in [6.07, 6.45) is 2.30. The molecule has 1 aromatic rings. The molecular weight excluding hydrogens is 278 g/mol. The van der Waals surface area contributed by atoms with Gasteiger partial charge in [-0.3, -0.25) is 9.69 Å². The molecule has 0 spiro atoms. The molecule has 3 rings (SSSR count). The minimum atomic E-state index is 0.256. The predicted molar refractivity (Wildman–Crippen MR) is 86.0 cm³/mol. The van der Waals surface area contributed by atoms with Crippen molar-refractivity contribution >= 4 is 5.91 Å². The van der Waals surface area contributed by atoms with Crippen LogP contribution in [0.3, 0.4) is 0 Å². The molecule has 5 nitrogen and oxygen atoms in total. The lowest BCUT2D eigenvalue weighted by Crippen LogP contribution is -2.49. The maximum Gasteiger partial charge on any atom is 0.236 e. The molecular formula is C17H25N3O2. The SMILES string of the molecule is COc1ccc([C@H]2CNCCN2CC(=O)N2CCCC2)cc1. The van der Waals surface area contributed by atoms with Gasteiger partial charge in [-0.1, -0.05) is 12.1 Å². The molecule has 2 aliphatic heterocycles. The lowest BCUT2D eigenvalue weighted by atomic mass is 10.0. The van der Waals surface area contributed by atoms with Gasteiger partial charge in [0.25, 0.3) is 0 Å². The Hall–Kier alpha value is -1.59. The first-order chi connectivity index (χ1) is 10.8. The van der Waals surface area contributed by atoms with E-state index < -0.39 is 0 Å². The van der Waals surface area contributed by atoms with E-state index in [0.717, 1.165) is 51.3 Å². The second kappa shape index (κ2) is 7.11. The Morgan fingerprint density at radius 3 is 2.64 bits per heavy atom. The van der Waals surface area contributed by atoms with Gasteiger partial charge in [0.1, 0.15) is 5.75 Å². The topological polar surface area (TPSA) is 44.8 Å². The summed E-state index contributed by atoms with van der Waals surface area (Å²) in [5.41, 5.74) is 1.24. The Kier molecular flexibility index (Phi) is 4.95. The summed E-state index contributed by atoms with van der Waals surface area (Å²) < 4.78 is 5.23. The third-order valence-corrected chi connectivity index (χ3v) is 4.65. The average Bonchev–Trinajstić information content (AvgIpc) is 3.10. The molecule has 0 aliphatic carbocycles. The molecule has 1 aromatic carbocycles. The standard InChI is InChI=1S/C17H25N3O2/c1-22-15-6-4-14(5-7-15)16-12-18-8-11-20(16)13-17(21)19-9-2-3-10-19/h4-7,16,18H,2-3,8-13H2,1H3/t16-/m1/s1. The van der Waals surface area contributed by atoms with Gasteiger partial charge < -0.3 is 15.0 Å². The third-order valence-electron chi connectivity index (χ3n) is 4.65. The number of nitrogens with one attached hydrogen (secondary N) is 1. The number of piperazine rings is 1. The van der Waals surface area contributed by atoms with Gasteiger partial charge in [-0.15, -0.1) is 0 Å². The second-order valence-electron chi connectivity index (χ2n) is 6.05. The maximum absolute atomic E-state index is 12.4. The lowest BCUT2D eigenvalue weighted by Gasteiger charge is -2.36. The summed E-state index contributed by atoms with van der Waals surface area (Å²) in [5, 5.41) is 3.44. The lowest BCUT2D eigenvalue weighted by molar-refractivity contribution is -0.132. The third kappa shape index (κ3) is 3.42. The van der Waals surface area contributed by atoms with Crippen LogP contribution in [0, 0.1) is 0 Å². The zero-order valence-corrected chi connectivity index (χ0v) is 13.3. The number of nitrogens with zero attached hydrogens (tertiary/aromatic N) is 2. The van der Waals surface area contributed by atoms with Crippen molar-refractivity contribution in [3.8, 4) is 5.75 Å². The van der Waals surface area contributed by atoms with Crippen molar-refractivity contribution in [1.82, 2.24) is 15.1 Å². The highest BCUT2D eigenvalue weighted by Gasteiger charge is 2.28. The van der Waals surface area contributed by atoms with Gasteiger partial charge in [0.2, 0.25) is 5.91 Å². The molecule has 5 heteroatoms. The number of ether oxygens (including phenoxy) is 1. The molecule has 0 radical (unpaired) electrons. The van der Waals surface area contributed by atoms with Crippen LogP contribution in [0.25, 0.3) is 0 Å². The molecule has 2 saturated heterocycles. The highest BCUT2D eigenvalue weighted by Crippen LogP contribution is 2.24. The van der Waals surface area contributed by atoms with Crippen LogP contribution in [-0.4, -0.2) is 62.1 Å². The summed E-state index contributed by atoms with van der Waals surface area (Å²) in [6.45, 7) is 5.13. The van der Waals surface area contributed by atoms with Gasteiger partial charge in [0.15, 0.2) is 0 Å². The number of hydrogen-bond donors (Lipinski definition) is 1. The van der Waals surface area contributed by atoms with Crippen molar-refractivity contribution in [3.63, 3.8) is 0 Å². The zero-order chi connectivity index (χ0) is 15.4. The molecule has 2 fully saturated rings. The minimum Gasteiger partial charge on any atom is -0.497 e. The van der Waals surface area contributed by atoms with E-state index in [9.17, 15) is 4.79 Å². The summed E-state index contributed by atoms with van der Waals surface area (Å²) in [7, 11) is 1.68. The highest BCUT2D eigenvalue weighted by molar-refractivity contribution is 5.78. The van der Waals surface area contributed by atoms with Gasteiger partial charge in [-0.2, -0.15) is 0 Å². The monoisotopic (exact) mass is 303 g/mol. The van der Waals surface area contributed by atoms with E-state index in [0.29, 0.717) is 6.54 Å². The molecule has 22 heavy (non-hydrogen) atoms. The molecule has 2 heterocycles. The van der Waals surface area contributed by atoms with Crippen LogP contribution >= 0.6 is 0 Å². The van der Waals surface area contributed by atoms with Crippen molar-refractivity contribution in [2.24, 2.45) is 0 Å². The number of hydrogen-bond acceptors (Lipinski definition) is 4. The molecule has 0 aromatic heterocycles. The van der Waals surface area contributed by atoms with E-state index in [1.54, 1.807) is 7.11 Å². The second-order valence-corrected chi connectivity index (χ2v) is 6.05. The van der Waals surface area contributed by atoms with E-state index in [4.69, 9.17) is 4.74 Å². The number of likely N-dealkylation sites (tertiary alicyclic amines) is 1. The largest absolute Gasteiger partial charge is 0.497 e. The van der Waals surface area contributed by atoms with Crippen LogP contribution < -0.4 is 10.1 Å². The van der Waals surface area contributed by atoms with Crippen LogP contribution in [0.15, 0.2) is 24.3 Å². The van der Waals surface area contributed by atoms with Crippen molar-refractivity contribution < 1.29 is 9.53 Å². The smallest absolute Gasteiger partial charge is 0.236 e. The fraction of sp³-hybridized carbons (Fsp3) is 0.588. The maximum atomic E-state index is 12.4. The first-order valence-corrected chi connectivity index (χ1v) is 8.14. The Labute approximate surface area is 132 Å². The first kappa shape index (κ1) is 15.3. The first-order valence-electron chi connectivity index (χ1n) is 8.14. The van der Waals surface area contributed by atoms with Gasteiger partial charge in [0.05, 0.1) is 13.7 Å². The van der Waals surface area contributed by atoms with Crippen LogP contribution in [-0.2, 0) is 4.79 Å². The fourth-order valence-corrected chi connectivity index (χ4v) is 3.33. The number of rotatable bonds is 4. The van der Waals surface area contributed by atoms with Gasteiger partial charge in [0, 0.05) is 38.8 Å². The van der Waals surface area contributed by atoms with Gasteiger partial charge in [-0.05, 0) is 30.5 Å². The molecule has 0 bridgehead atoms. The number of amides is 1. The minimum absolute atomic E-state index is 0.256. The molecule has 0 unspecified atom stereocenters. The van der Waals surface area contributed by atoms with E-state index in [2.05, 4.69) is 22.3 Å². The molecule has 1 amide bonds. The Bertz CT molecular complexity index is 497. The number of methoxy groups -OCH3 is 1. The Balaban J connectivity index is 1.68. The highest BCUT2D eigenvalue weighted by atomic mass is 16.5. The summed E-state index contributed by atoms with van der Waals surface area (Å²) >= 11 is 0. The summed E-state index contributed by atoms with van der Waals surface area (Å²) in [5.74, 6) is 1.14. The van der Waals surface area contributed by atoms with E-state index >= 15 is 0 Å². The van der Waals surface area contributed by atoms with E-state index in [1.165, 1.54) is 5.56 Å². The molecule has 1 atom stereocenters. The van der Waals surface area contributed by atoms with Crippen molar-refractivity contribution in [3.05, 3.63) is 29.8 Å². The Morgan fingerprint density at radius 2 is 1.95 bits per heavy atom.